The van der Waals surface area contributed by atoms with E-state index in [-0.39, 0.29) is 0 Å². The van der Waals surface area contributed by atoms with E-state index in [9.17, 15) is 0 Å². The Balaban J connectivity index is 2.14. The third kappa shape index (κ3) is 3.64. The van der Waals surface area contributed by atoms with Gasteiger partial charge in [0.25, 0.3) is 0 Å². The van der Waals surface area contributed by atoms with E-state index in [0.29, 0.717) is 13.2 Å². The Bertz CT molecular complexity index is 605. The highest BCUT2D eigenvalue weighted by Gasteiger charge is 2.14. The summed E-state index contributed by atoms with van der Waals surface area (Å²) in [6.45, 7) is 6.84. The number of aromatic nitrogens is 4. The van der Waals surface area contributed by atoms with Gasteiger partial charge in [-0.05, 0) is 13.8 Å². The smallest absolute Gasteiger partial charge is 0.106 e. The summed E-state index contributed by atoms with van der Waals surface area (Å²) in [6, 6.07) is 0. The first-order valence-electron chi connectivity index (χ1n) is 6.93. The molecule has 0 saturated heterocycles. The Morgan fingerprint density at radius 3 is 2.76 bits per heavy atom. The van der Waals surface area contributed by atoms with Crippen LogP contribution in [0.3, 0.4) is 0 Å². The van der Waals surface area contributed by atoms with E-state index >= 15 is 0 Å². The second-order valence-electron chi connectivity index (χ2n) is 5.02. The number of imidazole rings is 1. The third-order valence-electron chi connectivity index (χ3n) is 3.50. The number of nitrogens with one attached hydrogen (secondary N) is 1. The molecule has 2 heterocycles. The average molecular weight is 312 g/mol. The number of ether oxygens (including phenoxy) is 1. The molecule has 2 rings (SSSR count). The van der Waals surface area contributed by atoms with Gasteiger partial charge in [0, 0.05) is 33.4 Å². The van der Waals surface area contributed by atoms with Gasteiger partial charge in [-0.15, -0.1) is 0 Å². The molecule has 0 radical (unpaired) electrons. The summed E-state index contributed by atoms with van der Waals surface area (Å²) in [5.74, 6) is 0.966. The Labute approximate surface area is 130 Å². The van der Waals surface area contributed by atoms with Crippen molar-refractivity contribution in [3.05, 3.63) is 34.1 Å². The molecule has 116 valence electrons. The van der Waals surface area contributed by atoms with Gasteiger partial charge in [-0.2, -0.15) is 5.10 Å². The highest BCUT2D eigenvalue weighted by atomic mass is 35.5. The first-order chi connectivity index (χ1) is 10.0. The summed E-state index contributed by atoms with van der Waals surface area (Å²) in [6.07, 6.45) is 1.90. The lowest BCUT2D eigenvalue weighted by atomic mass is 10.3. The molecule has 2 aromatic heterocycles. The molecule has 6 nitrogen and oxygen atoms in total. The molecule has 0 fully saturated rings. The fraction of sp³-hybridized carbons (Fsp3) is 0.571. The van der Waals surface area contributed by atoms with E-state index < -0.39 is 0 Å². The van der Waals surface area contributed by atoms with Gasteiger partial charge in [0.05, 0.1) is 35.3 Å². The maximum atomic E-state index is 6.33. The van der Waals surface area contributed by atoms with Crippen LogP contribution in [0.15, 0.2) is 6.20 Å². The molecule has 0 aromatic carbocycles. The first-order valence-corrected chi connectivity index (χ1v) is 7.31. The van der Waals surface area contributed by atoms with Gasteiger partial charge in [0.1, 0.15) is 5.82 Å². The number of rotatable bonds is 7. The van der Waals surface area contributed by atoms with Crippen LogP contribution >= 0.6 is 11.6 Å². The van der Waals surface area contributed by atoms with Crippen molar-refractivity contribution in [3.8, 4) is 0 Å². The molecule has 0 spiro atoms. The molecule has 0 aliphatic rings. The Hall–Kier alpha value is -1.37. The predicted octanol–water partition coefficient (Wildman–Crippen LogP) is 1.67. The number of methoxy groups -OCH3 is 1. The summed E-state index contributed by atoms with van der Waals surface area (Å²) in [5.41, 5.74) is 2.97. The van der Waals surface area contributed by atoms with E-state index in [1.807, 2.05) is 31.8 Å². The molecule has 21 heavy (non-hydrogen) atoms. The van der Waals surface area contributed by atoms with Gasteiger partial charge >= 0.3 is 0 Å². The molecule has 7 heteroatoms. The number of halogens is 1. The lowest BCUT2D eigenvalue weighted by Gasteiger charge is -2.12. The van der Waals surface area contributed by atoms with Crippen molar-refractivity contribution < 1.29 is 4.74 Å². The maximum absolute atomic E-state index is 6.33. The van der Waals surface area contributed by atoms with Crippen LogP contribution in [-0.2, 0) is 24.9 Å². The molecule has 0 amide bonds. The van der Waals surface area contributed by atoms with Gasteiger partial charge in [-0.3, -0.25) is 4.68 Å². The predicted molar refractivity (Wildman–Crippen MR) is 82.6 cm³/mol. The molecule has 0 saturated carbocycles. The van der Waals surface area contributed by atoms with Crippen LogP contribution in [0.25, 0.3) is 0 Å². The maximum Gasteiger partial charge on any atom is 0.106 e. The average Bonchev–Trinajstić information content (AvgIpc) is 2.91. The van der Waals surface area contributed by atoms with Gasteiger partial charge in [-0.1, -0.05) is 11.6 Å². The molecule has 0 unspecified atom stereocenters. The van der Waals surface area contributed by atoms with Crippen molar-refractivity contribution in [2.24, 2.45) is 7.05 Å². The second kappa shape index (κ2) is 7.06. The Kier molecular flexibility index (Phi) is 5.39. The quantitative estimate of drug-likeness (QED) is 0.790. The van der Waals surface area contributed by atoms with E-state index in [4.69, 9.17) is 16.3 Å². The van der Waals surface area contributed by atoms with Crippen LogP contribution in [0.2, 0.25) is 5.02 Å². The molecular formula is C14H22ClN5O. The molecule has 2 aromatic rings. The molecule has 0 aliphatic heterocycles. The summed E-state index contributed by atoms with van der Waals surface area (Å²) in [5, 5.41) is 8.42. The number of hydrogen-bond donors (Lipinski definition) is 1. The summed E-state index contributed by atoms with van der Waals surface area (Å²) >= 11 is 6.33. The number of nitrogens with zero attached hydrogens (tertiary/aromatic N) is 4. The van der Waals surface area contributed by atoms with Crippen LogP contribution in [-0.4, -0.2) is 39.6 Å². The highest BCUT2D eigenvalue weighted by Crippen LogP contribution is 2.21. The Morgan fingerprint density at radius 2 is 2.14 bits per heavy atom. The van der Waals surface area contributed by atoms with E-state index in [1.54, 1.807) is 7.11 Å². The van der Waals surface area contributed by atoms with Gasteiger partial charge in [0.15, 0.2) is 0 Å². The van der Waals surface area contributed by atoms with Crippen molar-refractivity contribution in [1.29, 1.82) is 0 Å². The number of hydrogen-bond acceptors (Lipinski definition) is 4. The van der Waals surface area contributed by atoms with Crippen molar-refractivity contribution in [3.63, 3.8) is 0 Å². The van der Waals surface area contributed by atoms with Crippen LogP contribution in [0.4, 0.5) is 0 Å². The van der Waals surface area contributed by atoms with Crippen molar-refractivity contribution in [2.45, 2.75) is 26.9 Å². The molecule has 0 aliphatic carbocycles. The molecule has 0 bridgehead atoms. The number of aryl methyl sites for hydroxylation is 3. The third-order valence-corrected chi connectivity index (χ3v) is 3.99. The summed E-state index contributed by atoms with van der Waals surface area (Å²) in [7, 11) is 3.61. The monoisotopic (exact) mass is 311 g/mol. The van der Waals surface area contributed by atoms with Gasteiger partial charge in [0.2, 0.25) is 0 Å². The van der Waals surface area contributed by atoms with Crippen LogP contribution < -0.4 is 5.32 Å². The fourth-order valence-corrected chi connectivity index (χ4v) is 2.48. The molecule has 0 atom stereocenters. The highest BCUT2D eigenvalue weighted by molar-refractivity contribution is 6.31. The van der Waals surface area contributed by atoms with Crippen molar-refractivity contribution in [2.75, 3.05) is 20.3 Å². The van der Waals surface area contributed by atoms with Crippen molar-refractivity contribution in [1.82, 2.24) is 24.6 Å². The summed E-state index contributed by atoms with van der Waals surface area (Å²) in [4.78, 5) is 4.40. The molecular weight excluding hydrogens is 290 g/mol. The van der Waals surface area contributed by atoms with Gasteiger partial charge < -0.3 is 14.6 Å². The molecule has 1 N–H and O–H groups in total. The second-order valence-corrected chi connectivity index (χ2v) is 5.40. The summed E-state index contributed by atoms with van der Waals surface area (Å²) < 4.78 is 9.02. The SMILES string of the molecule is COCCNCc1cnc(C)n1Cc1c(Cl)c(C)nn1C. The van der Waals surface area contributed by atoms with Crippen LogP contribution in [0, 0.1) is 13.8 Å². The van der Waals surface area contributed by atoms with Crippen molar-refractivity contribution >= 4 is 11.6 Å². The zero-order chi connectivity index (χ0) is 15.4. The minimum absolute atomic E-state index is 0.670. The first kappa shape index (κ1) is 16.0. The van der Waals surface area contributed by atoms with Crippen LogP contribution in [0.5, 0.6) is 0 Å². The van der Waals surface area contributed by atoms with E-state index in [1.165, 1.54) is 0 Å². The normalized spacial score (nSPS) is 11.3. The lowest BCUT2D eigenvalue weighted by molar-refractivity contribution is 0.199. The van der Waals surface area contributed by atoms with Crippen LogP contribution in [0.1, 0.15) is 22.9 Å². The minimum Gasteiger partial charge on any atom is -0.383 e. The minimum atomic E-state index is 0.670. The zero-order valence-electron chi connectivity index (χ0n) is 13.0. The largest absolute Gasteiger partial charge is 0.383 e. The van der Waals surface area contributed by atoms with Gasteiger partial charge in [-0.25, -0.2) is 4.98 Å². The van der Waals surface area contributed by atoms with E-state index in [2.05, 4.69) is 20.0 Å². The standard InChI is InChI=1S/C14H22ClN5O/c1-10-14(15)13(19(3)18-10)9-20-11(2)17-8-12(20)7-16-5-6-21-4/h8,16H,5-7,9H2,1-4H3. The van der Waals surface area contributed by atoms with E-state index in [0.717, 1.165) is 41.0 Å². The topological polar surface area (TPSA) is 56.9 Å². The fourth-order valence-electron chi connectivity index (χ4n) is 2.26. The zero-order valence-corrected chi connectivity index (χ0v) is 13.7. The Morgan fingerprint density at radius 1 is 1.38 bits per heavy atom. The lowest BCUT2D eigenvalue weighted by Crippen LogP contribution is -2.21.